The van der Waals surface area contributed by atoms with E-state index >= 15 is 0 Å². The number of carbonyl (C=O) groups excluding carboxylic acids is 1. The molecule has 3 nitrogen and oxygen atoms in total. The van der Waals surface area contributed by atoms with Crippen LogP contribution in [-0.2, 0) is 0 Å². The monoisotopic (exact) mass is 326 g/mol. The lowest BCUT2D eigenvalue weighted by Crippen LogP contribution is -2.42. The third-order valence-electron chi connectivity index (χ3n) is 4.38. The molecule has 0 aromatic heterocycles. The molecule has 21 heavy (non-hydrogen) atoms. The standard InChI is InChI=1S/C16H23ClN2OS/c1-18-11-4-6-12(7-5-11)19(2)16(20)14-10-13(21-3)8-9-15(14)17/h8-12,18H,4-7H2,1-3H3. The summed E-state index contributed by atoms with van der Waals surface area (Å²) in [5, 5.41) is 3.86. The van der Waals surface area contributed by atoms with Crippen molar-refractivity contribution in [2.45, 2.75) is 42.7 Å². The summed E-state index contributed by atoms with van der Waals surface area (Å²) in [6.07, 6.45) is 6.34. The molecule has 1 aliphatic carbocycles. The van der Waals surface area contributed by atoms with Gasteiger partial charge in [0.05, 0.1) is 10.6 Å². The second kappa shape index (κ2) is 7.52. The average molecular weight is 327 g/mol. The summed E-state index contributed by atoms with van der Waals surface area (Å²) in [6, 6.07) is 6.56. The molecule has 0 radical (unpaired) electrons. The Labute approximate surface area is 136 Å². The first-order valence-corrected chi connectivity index (χ1v) is 8.95. The van der Waals surface area contributed by atoms with Crippen LogP contribution in [-0.4, -0.2) is 43.2 Å². The van der Waals surface area contributed by atoms with Crippen LogP contribution in [0.4, 0.5) is 0 Å². The highest BCUT2D eigenvalue weighted by atomic mass is 35.5. The molecule has 0 heterocycles. The van der Waals surface area contributed by atoms with Gasteiger partial charge in [-0.05, 0) is 57.2 Å². The molecule has 1 amide bonds. The SMILES string of the molecule is CNC1CCC(N(C)C(=O)c2cc(SC)ccc2Cl)CC1. The van der Waals surface area contributed by atoms with E-state index in [4.69, 9.17) is 11.6 Å². The smallest absolute Gasteiger partial charge is 0.255 e. The van der Waals surface area contributed by atoms with Crippen molar-refractivity contribution >= 4 is 29.3 Å². The molecule has 0 aliphatic heterocycles. The van der Waals surface area contributed by atoms with E-state index in [0.717, 1.165) is 30.6 Å². The first-order chi connectivity index (χ1) is 10.1. The lowest BCUT2D eigenvalue weighted by Gasteiger charge is -2.34. The van der Waals surface area contributed by atoms with Crippen LogP contribution >= 0.6 is 23.4 Å². The first kappa shape index (κ1) is 16.7. The first-order valence-electron chi connectivity index (χ1n) is 7.34. The van der Waals surface area contributed by atoms with Gasteiger partial charge < -0.3 is 10.2 Å². The summed E-state index contributed by atoms with van der Waals surface area (Å²) < 4.78 is 0. The summed E-state index contributed by atoms with van der Waals surface area (Å²) in [7, 11) is 3.91. The van der Waals surface area contributed by atoms with Gasteiger partial charge in [0.25, 0.3) is 5.91 Å². The van der Waals surface area contributed by atoms with E-state index in [9.17, 15) is 4.79 Å². The molecule has 1 aromatic carbocycles. The van der Waals surface area contributed by atoms with Gasteiger partial charge in [-0.15, -0.1) is 11.8 Å². The lowest BCUT2D eigenvalue weighted by molar-refractivity contribution is 0.0685. The van der Waals surface area contributed by atoms with Crippen LogP contribution in [0, 0.1) is 0 Å². The van der Waals surface area contributed by atoms with Gasteiger partial charge in [-0.1, -0.05) is 11.6 Å². The fourth-order valence-corrected chi connectivity index (χ4v) is 3.54. The van der Waals surface area contributed by atoms with Crippen molar-refractivity contribution in [2.24, 2.45) is 0 Å². The fourth-order valence-electron chi connectivity index (χ4n) is 2.90. The molecule has 0 bridgehead atoms. The minimum atomic E-state index is 0.0313. The summed E-state index contributed by atoms with van der Waals surface area (Å²) >= 11 is 7.83. The van der Waals surface area contributed by atoms with Gasteiger partial charge in [0.1, 0.15) is 0 Å². The molecule has 2 rings (SSSR count). The van der Waals surface area contributed by atoms with Crippen LogP contribution in [0.3, 0.4) is 0 Å². The number of halogens is 1. The number of nitrogens with one attached hydrogen (secondary N) is 1. The molecule has 1 aromatic rings. The van der Waals surface area contributed by atoms with Gasteiger partial charge in [-0.3, -0.25) is 4.79 Å². The number of hydrogen-bond donors (Lipinski definition) is 1. The summed E-state index contributed by atoms with van der Waals surface area (Å²) in [5.41, 5.74) is 0.613. The van der Waals surface area contributed by atoms with Crippen molar-refractivity contribution in [3.05, 3.63) is 28.8 Å². The van der Waals surface area contributed by atoms with Crippen LogP contribution in [0.25, 0.3) is 0 Å². The van der Waals surface area contributed by atoms with E-state index in [-0.39, 0.29) is 5.91 Å². The topological polar surface area (TPSA) is 32.3 Å². The van der Waals surface area contributed by atoms with E-state index in [1.807, 2.05) is 43.5 Å². The maximum atomic E-state index is 12.7. The highest BCUT2D eigenvalue weighted by Crippen LogP contribution is 2.27. The summed E-state index contributed by atoms with van der Waals surface area (Å²) in [5.74, 6) is 0.0313. The number of rotatable bonds is 4. The molecular formula is C16H23ClN2OS. The number of amides is 1. The largest absolute Gasteiger partial charge is 0.339 e. The van der Waals surface area contributed by atoms with Crippen LogP contribution in [0.1, 0.15) is 36.0 Å². The zero-order chi connectivity index (χ0) is 15.4. The summed E-state index contributed by atoms with van der Waals surface area (Å²) in [6.45, 7) is 0. The Morgan fingerprint density at radius 3 is 2.57 bits per heavy atom. The number of nitrogens with zero attached hydrogens (tertiary/aromatic N) is 1. The number of carbonyl (C=O) groups is 1. The van der Waals surface area contributed by atoms with E-state index in [1.54, 1.807) is 11.8 Å². The number of benzene rings is 1. The van der Waals surface area contributed by atoms with Crippen molar-refractivity contribution in [3.8, 4) is 0 Å². The zero-order valence-corrected chi connectivity index (χ0v) is 14.4. The summed E-state index contributed by atoms with van der Waals surface area (Å²) in [4.78, 5) is 15.6. The zero-order valence-electron chi connectivity index (χ0n) is 12.9. The second-order valence-electron chi connectivity index (χ2n) is 5.56. The Kier molecular flexibility index (Phi) is 5.97. The number of hydrogen-bond acceptors (Lipinski definition) is 3. The predicted molar refractivity (Wildman–Crippen MR) is 90.4 cm³/mol. The Hall–Kier alpha value is -0.710. The molecule has 0 atom stereocenters. The lowest BCUT2D eigenvalue weighted by atomic mass is 9.90. The maximum Gasteiger partial charge on any atom is 0.255 e. The number of thioether (sulfide) groups is 1. The van der Waals surface area contributed by atoms with E-state index in [0.29, 0.717) is 22.7 Å². The van der Waals surface area contributed by atoms with Crippen LogP contribution < -0.4 is 5.32 Å². The Bertz CT molecular complexity index is 501. The molecule has 0 saturated heterocycles. The molecule has 1 aliphatic rings. The Balaban J connectivity index is 2.09. The maximum absolute atomic E-state index is 12.7. The van der Waals surface area contributed by atoms with Crippen LogP contribution in [0.2, 0.25) is 5.02 Å². The van der Waals surface area contributed by atoms with Gasteiger partial charge in [0.2, 0.25) is 0 Å². The minimum Gasteiger partial charge on any atom is -0.339 e. The van der Waals surface area contributed by atoms with Gasteiger partial charge in [0, 0.05) is 24.0 Å². The third kappa shape index (κ3) is 3.93. The van der Waals surface area contributed by atoms with Gasteiger partial charge in [-0.25, -0.2) is 0 Å². The van der Waals surface area contributed by atoms with Crippen molar-refractivity contribution in [1.82, 2.24) is 10.2 Å². The van der Waals surface area contributed by atoms with E-state index < -0.39 is 0 Å². The normalized spacial score (nSPS) is 22.1. The average Bonchev–Trinajstić information content (AvgIpc) is 2.54. The molecule has 1 fully saturated rings. The molecule has 1 N–H and O–H groups in total. The molecule has 5 heteroatoms. The minimum absolute atomic E-state index is 0.0313. The predicted octanol–water partition coefficient (Wildman–Crippen LogP) is 3.66. The highest BCUT2D eigenvalue weighted by Gasteiger charge is 2.27. The third-order valence-corrected chi connectivity index (χ3v) is 5.43. The molecule has 0 spiro atoms. The van der Waals surface area contributed by atoms with Crippen molar-refractivity contribution in [1.29, 1.82) is 0 Å². The Morgan fingerprint density at radius 2 is 2.00 bits per heavy atom. The van der Waals surface area contributed by atoms with Crippen molar-refractivity contribution in [3.63, 3.8) is 0 Å². The second-order valence-corrected chi connectivity index (χ2v) is 6.84. The van der Waals surface area contributed by atoms with Crippen molar-refractivity contribution < 1.29 is 4.79 Å². The quantitative estimate of drug-likeness (QED) is 0.857. The van der Waals surface area contributed by atoms with E-state index in [1.165, 1.54) is 0 Å². The Morgan fingerprint density at radius 1 is 1.33 bits per heavy atom. The highest BCUT2D eigenvalue weighted by molar-refractivity contribution is 7.98. The van der Waals surface area contributed by atoms with Gasteiger partial charge >= 0.3 is 0 Å². The van der Waals surface area contributed by atoms with Crippen LogP contribution in [0.5, 0.6) is 0 Å². The molecule has 1 saturated carbocycles. The van der Waals surface area contributed by atoms with Gasteiger partial charge in [-0.2, -0.15) is 0 Å². The van der Waals surface area contributed by atoms with Crippen LogP contribution in [0.15, 0.2) is 23.1 Å². The van der Waals surface area contributed by atoms with Crippen molar-refractivity contribution in [2.75, 3.05) is 20.4 Å². The molecular weight excluding hydrogens is 304 g/mol. The molecule has 0 unspecified atom stereocenters. The molecule has 116 valence electrons. The fraction of sp³-hybridized carbons (Fsp3) is 0.562. The van der Waals surface area contributed by atoms with Gasteiger partial charge in [0.15, 0.2) is 0 Å². The van der Waals surface area contributed by atoms with E-state index in [2.05, 4.69) is 5.32 Å².